The Balaban J connectivity index is 2.77. The molecule has 1 unspecified atom stereocenters. The lowest BCUT2D eigenvalue weighted by atomic mass is 10.1. The van der Waals surface area contributed by atoms with Gasteiger partial charge in [-0.2, -0.15) is 4.31 Å². The van der Waals surface area contributed by atoms with E-state index in [-0.39, 0.29) is 24.6 Å². The molecule has 0 aliphatic carbocycles. The van der Waals surface area contributed by atoms with Crippen LogP contribution in [-0.2, 0) is 14.8 Å². The fraction of sp³-hybridized carbons (Fsp3) is 0.533. The first-order chi connectivity index (χ1) is 10.1. The molecule has 1 amide bonds. The van der Waals surface area contributed by atoms with Crippen molar-refractivity contribution in [2.45, 2.75) is 32.9 Å². The van der Waals surface area contributed by atoms with Crippen molar-refractivity contribution >= 4 is 15.9 Å². The van der Waals surface area contributed by atoms with Gasteiger partial charge in [0.05, 0.1) is 24.9 Å². The Kier molecular flexibility index (Phi) is 6.37. The van der Waals surface area contributed by atoms with Crippen LogP contribution in [0.15, 0.2) is 24.3 Å². The van der Waals surface area contributed by atoms with Crippen LogP contribution in [0.25, 0.3) is 0 Å². The van der Waals surface area contributed by atoms with E-state index < -0.39 is 10.0 Å². The number of hydrogen-bond acceptors (Lipinski definition) is 4. The maximum Gasteiger partial charge on any atom is 0.235 e. The number of nitrogens with zero attached hydrogens (tertiary/aromatic N) is 1. The molecule has 0 spiro atoms. The summed E-state index contributed by atoms with van der Waals surface area (Å²) < 4.78 is 29.4. The van der Waals surface area contributed by atoms with E-state index >= 15 is 0 Å². The van der Waals surface area contributed by atoms with E-state index in [0.717, 1.165) is 16.1 Å². The number of nitrogens with one attached hydrogen (secondary N) is 1. The number of ether oxygens (including phenoxy) is 1. The molecule has 1 N–H and O–H groups in total. The first-order valence-electron chi connectivity index (χ1n) is 7.07. The number of para-hydroxylation sites is 1. The van der Waals surface area contributed by atoms with Crippen molar-refractivity contribution in [2.24, 2.45) is 0 Å². The summed E-state index contributed by atoms with van der Waals surface area (Å²) in [6.07, 6.45) is 1.09. The van der Waals surface area contributed by atoms with Crippen LogP contribution in [0.4, 0.5) is 0 Å². The highest BCUT2D eigenvalue weighted by atomic mass is 32.2. The number of likely N-dealkylation sites (N-methyl/N-ethyl adjacent to an activating group) is 1. The SMILES string of the molecule is CC(C)Oc1ccccc1C(C)NC(=O)CN(C)S(C)(=O)=O. The van der Waals surface area contributed by atoms with Crippen LogP contribution in [0, 0.1) is 0 Å². The van der Waals surface area contributed by atoms with Crippen LogP contribution in [0.2, 0.25) is 0 Å². The summed E-state index contributed by atoms with van der Waals surface area (Å²) in [5.74, 6) is 0.349. The van der Waals surface area contributed by atoms with Crippen LogP contribution in [0.3, 0.4) is 0 Å². The van der Waals surface area contributed by atoms with Gasteiger partial charge in [-0.1, -0.05) is 18.2 Å². The van der Waals surface area contributed by atoms with Crippen molar-refractivity contribution in [2.75, 3.05) is 19.8 Å². The van der Waals surface area contributed by atoms with E-state index in [1.54, 1.807) is 0 Å². The first-order valence-corrected chi connectivity index (χ1v) is 8.92. The van der Waals surface area contributed by atoms with Gasteiger partial charge < -0.3 is 10.1 Å². The molecular formula is C15H24N2O4S. The fourth-order valence-electron chi connectivity index (χ4n) is 1.88. The van der Waals surface area contributed by atoms with Crippen LogP contribution < -0.4 is 10.1 Å². The largest absolute Gasteiger partial charge is 0.491 e. The number of sulfonamides is 1. The second kappa shape index (κ2) is 7.60. The molecule has 0 saturated heterocycles. The third-order valence-electron chi connectivity index (χ3n) is 3.06. The van der Waals surface area contributed by atoms with Gasteiger partial charge in [-0.05, 0) is 26.8 Å². The van der Waals surface area contributed by atoms with Crippen molar-refractivity contribution in [3.05, 3.63) is 29.8 Å². The van der Waals surface area contributed by atoms with Crippen molar-refractivity contribution < 1.29 is 17.9 Å². The lowest BCUT2D eigenvalue weighted by molar-refractivity contribution is -0.121. The molecule has 0 aromatic heterocycles. The molecule has 0 saturated carbocycles. The third kappa shape index (κ3) is 5.65. The molecule has 0 aliphatic rings. The summed E-state index contributed by atoms with van der Waals surface area (Å²) in [5.41, 5.74) is 0.853. The van der Waals surface area contributed by atoms with E-state index in [4.69, 9.17) is 4.74 Å². The molecule has 6 nitrogen and oxygen atoms in total. The van der Waals surface area contributed by atoms with Gasteiger partial charge >= 0.3 is 0 Å². The molecule has 1 aromatic carbocycles. The van der Waals surface area contributed by atoms with Gasteiger partial charge in [0.25, 0.3) is 0 Å². The van der Waals surface area contributed by atoms with Crippen LogP contribution in [-0.4, -0.2) is 44.6 Å². The summed E-state index contributed by atoms with van der Waals surface area (Å²) in [4.78, 5) is 12.0. The molecule has 0 fully saturated rings. The standard InChI is InChI=1S/C15H24N2O4S/c1-11(2)21-14-9-7-6-8-13(14)12(3)16-15(18)10-17(4)22(5,19)20/h6-9,11-12H,10H2,1-5H3,(H,16,18). The monoisotopic (exact) mass is 328 g/mol. The van der Waals surface area contributed by atoms with Crippen molar-refractivity contribution in [1.82, 2.24) is 9.62 Å². The van der Waals surface area contributed by atoms with Gasteiger partial charge in [0.1, 0.15) is 5.75 Å². The molecule has 7 heteroatoms. The van der Waals surface area contributed by atoms with E-state index in [0.29, 0.717) is 5.75 Å². The summed E-state index contributed by atoms with van der Waals surface area (Å²) in [6, 6.07) is 7.18. The average molecular weight is 328 g/mol. The van der Waals surface area contributed by atoms with Gasteiger partial charge in [-0.15, -0.1) is 0 Å². The van der Waals surface area contributed by atoms with E-state index in [1.165, 1.54) is 7.05 Å². The molecule has 1 aromatic rings. The van der Waals surface area contributed by atoms with E-state index in [1.807, 2.05) is 45.0 Å². The molecule has 22 heavy (non-hydrogen) atoms. The molecule has 1 atom stereocenters. The molecule has 124 valence electrons. The van der Waals surface area contributed by atoms with Gasteiger partial charge in [0, 0.05) is 12.6 Å². The highest BCUT2D eigenvalue weighted by molar-refractivity contribution is 7.88. The van der Waals surface area contributed by atoms with Gasteiger partial charge in [-0.25, -0.2) is 8.42 Å². The predicted octanol–water partition coefficient (Wildman–Crippen LogP) is 1.54. The molecule has 0 heterocycles. The Labute approximate surface area is 132 Å². The third-order valence-corrected chi connectivity index (χ3v) is 4.32. The lowest BCUT2D eigenvalue weighted by Crippen LogP contribution is -2.38. The fourth-order valence-corrected chi connectivity index (χ4v) is 2.24. The Bertz CT molecular complexity index is 614. The minimum absolute atomic E-state index is 0.0282. The Morgan fingerprint density at radius 3 is 2.41 bits per heavy atom. The number of amides is 1. The van der Waals surface area contributed by atoms with Crippen molar-refractivity contribution in [3.8, 4) is 5.75 Å². The van der Waals surface area contributed by atoms with Crippen LogP contribution in [0.1, 0.15) is 32.4 Å². The second-order valence-electron chi connectivity index (χ2n) is 5.51. The molecule has 0 radical (unpaired) electrons. The minimum atomic E-state index is -3.37. The number of hydrogen-bond donors (Lipinski definition) is 1. The van der Waals surface area contributed by atoms with Crippen LogP contribution >= 0.6 is 0 Å². The zero-order chi connectivity index (χ0) is 16.9. The Morgan fingerprint density at radius 2 is 1.86 bits per heavy atom. The topological polar surface area (TPSA) is 75.7 Å². The van der Waals surface area contributed by atoms with Crippen molar-refractivity contribution in [3.63, 3.8) is 0 Å². The lowest BCUT2D eigenvalue weighted by Gasteiger charge is -2.21. The first kappa shape index (κ1) is 18.4. The molecular weight excluding hydrogens is 304 g/mol. The Morgan fingerprint density at radius 1 is 1.27 bits per heavy atom. The van der Waals surface area contributed by atoms with E-state index in [9.17, 15) is 13.2 Å². The summed E-state index contributed by atoms with van der Waals surface area (Å²) >= 11 is 0. The number of rotatable bonds is 7. The van der Waals surface area contributed by atoms with Gasteiger partial charge in [0.15, 0.2) is 0 Å². The zero-order valence-corrected chi connectivity index (χ0v) is 14.5. The summed E-state index contributed by atoms with van der Waals surface area (Å²) in [7, 11) is -2.00. The zero-order valence-electron chi connectivity index (χ0n) is 13.7. The highest BCUT2D eigenvalue weighted by Gasteiger charge is 2.18. The summed E-state index contributed by atoms with van der Waals surface area (Å²) in [6.45, 7) is 5.49. The maximum atomic E-state index is 12.0. The number of carbonyl (C=O) groups is 1. The molecule has 0 bridgehead atoms. The molecule has 1 rings (SSSR count). The maximum absolute atomic E-state index is 12.0. The van der Waals surface area contributed by atoms with Crippen molar-refractivity contribution in [1.29, 1.82) is 0 Å². The summed E-state index contributed by atoms with van der Waals surface area (Å²) in [5, 5.41) is 2.79. The number of carbonyl (C=O) groups excluding carboxylic acids is 1. The minimum Gasteiger partial charge on any atom is -0.491 e. The van der Waals surface area contributed by atoms with Crippen LogP contribution in [0.5, 0.6) is 5.75 Å². The average Bonchev–Trinajstić information content (AvgIpc) is 2.37. The second-order valence-corrected chi connectivity index (χ2v) is 7.60. The predicted molar refractivity (Wildman–Crippen MR) is 86.2 cm³/mol. The number of benzene rings is 1. The van der Waals surface area contributed by atoms with Gasteiger partial charge in [-0.3, -0.25) is 4.79 Å². The smallest absolute Gasteiger partial charge is 0.235 e. The molecule has 0 aliphatic heterocycles. The highest BCUT2D eigenvalue weighted by Crippen LogP contribution is 2.25. The quantitative estimate of drug-likeness (QED) is 0.824. The normalized spacial score (nSPS) is 13.2. The van der Waals surface area contributed by atoms with E-state index in [2.05, 4.69) is 5.32 Å². The van der Waals surface area contributed by atoms with Gasteiger partial charge in [0.2, 0.25) is 15.9 Å². The Hall–Kier alpha value is -1.60.